The molecule has 1 amide bonds. The summed E-state index contributed by atoms with van der Waals surface area (Å²) in [4.78, 5) is 12.9. The van der Waals surface area contributed by atoms with Crippen LogP contribution in [0.5, 0.6) is 0 Å². The van der Waals surface area contributed by atoms with Crippen molar-refractivity contribution in [2.24, 2.45) is 5.92 Å². The number of amides is 1. The van der Waals surface area contributed by atoms with E-state index in [0.717, 1.165) is 15.1 Å². The Balaban J connectivity index is 1.80. The van der Waals surface area contributed by atoms with Crippen molar-refractivity contribution < 1.29 is 9.53 Å². The normalized spacial score (nSPS) is 24.6. The fourth-order valence-corrected chi connectivity index (χ4v) is 3.19. The second-order valence-electron chi connectivity index (χ2n) is 4.00. The summed E-state index contributed by atoms with van der Waals surface area (Å²) in [5, 5.41) is 2.95. The summed E-state index contributed by atoms with van der Waals surface area (Å²) in [6.45, 7) is 3.17. The minimum absolute atomic E-state index is 0.0263. The molecule has 1 fully saturated rings. The lowest BCUT2D eigenvalue weighted by Crippen LogP contribution is -2.30. The molecule has 0 spiro atoms. The number of hydrogen-bond acceptors (Lipinski definition) is 3. The zero-order chi connectivity index (χ0) is 11.5. The summed E-state index contributed by atoms with van der Waals surface area (Å²) in [5.74, 6) is 0.132. The number of hydrogen-bond donors (Lipinski definition) is 1. The molecule has 1 saturated heterocycles. The van der Waals surface area contributed by atoms with Gasteiger partial charge in [-0.3, -0.25) is 4.79 Å². The monoisotopic (exact) mass is 303 g/mol. The number of ether oxygens (including phenoxy) is 1. The average molecular weight is 304 g/mol. The van der Waals surface area contributed by atoms with E-state index in [1.807, 2.05) is 19.1 Å². The summed E-state index contributed by atoms with van der Waals surface area (Å²) < 4.78 is 6.47. The summed E-state index contributed by atoms with van der Waals surface area (Å²) in [6.07, 6.45) is 1.05. The van der Waals surface area contributed by atoms with Crippen molar-refractivity contribution in [3.05, 3.63) is 20.8 Å². The van der Waals surface area contributed by atoms with Gasteiger partial charge in [0.2, 0.25) is 5.91 Å². The van der Waals surface area contributed by atoms with Crippen LogP contribution in [-0.2, 0) is 16.1 Å². The fourth-order valence-electron chi connectivity index (χ4n) is 1.77. The van der Waals surface area contributed by atoms with Crippen molar-refractivity contribution in [2.75, 3.05) is 6.61 Å². The molecule has 0 aliphatic carbocycles. The maximum atomic E-state index is 11.8. The number of carbonyl (C=O) groups is 1. The number of nitrogens with one attached hydrogen (secondary N) is 1. The lowest BCUT2D eigenvalue weighted by molar-refractivity contribution is -0.125. The zero-order valence-corrected chi connectivity index (χ0v) is 11.4. The van der Waals surface area contributed by atoms with Crippen LogP contribution in [0.1, 0.15) is 18.2 Å². The van der Waals surface area contributed by atoms with Crippen molar-refractivity contribution in [3.8, 4) is 0 Å². The molecule has 1 aliphatic rings. The Morgan fingerprint density at radius 1 is 1.69 bits per heavy atom. The van der Waals surface area contributed by atoms with Gasteiger partial charge in [0, 0.05) is 4.88 Å². The van der Waals surface area contributed by atoms with Crippen molar-refractivity contribution in [1.29, 1.82) is 0 Å². The standard InChI is InChI=1S/C11H14BrNO2S/c1-7-4-8(6-15-7)11(14)13-5-9-2-3-10(12)16-9/h2-3,7-8H,4-6H2,1H3,(H,13,14). The summed E-state index contributed by atoms with van der Waals surface area (Å²) >= 11 is 5.04. The SMILES string of the molecule is CC1CC(C(=O)NCc2ccc(Br)s2)CO1. The first-order valence-corrected chi connectivity index (χ1v) is 6.89. The van der Waals surface area contributed by atoms with E-state index in [9.17, 15) is 4.79 Å². The lowest BCUT2D eigenvalue weighted by Gasteiger charge is -2.08. The van der Waals surface area contributed by atoms with Crippen LogP contribution in [0.3, 0.4) is 0 Å². The Hall–Kier alpha value is -0.390. The number of carbonyl (C=O) groups excluding carboxylic acids is 1. The first-order valence-electron chi connectivity index (χ1n) is 5.28. The molecule has 1 aliphatic heterocycles. The molecule has 16 heavy (non-hydrogen) atoms. The van der Waals surface area contributed by atoms with Gasteiger partial charge in [0.05, 0.1) is 29.0 Å². The molecule has 2 unspecified atom stereocenters. The highest BCUT2D eigenvalue weighted by Crippen LogP contribution is 2.22. The van der Waals surface area contributed by atoms with Gasteiger partial charge in [-0.2, -0.15) is 0 Å². The van der Waals surface area contributed by atoms with Crippen LogP contribution < -0.4 is 5.32 Å². The summed E-state index contributed by atoms with van der Waals surface area (Å²) in [6, 6.07) is 4.01. The molecular weight excluding hydrogens is 290 g/mol. The minimum Gasteiger partial charge on any atom is -0.378 e. The van der Waals surface area contributed by atoms with E-state index in [0.29, 0.717) is 13.2 Å². The van der Waals surface area contributed by atoms with Crippen LogP contribution in [-0.4, -0.2) is 18.6 Å². The Labute approximate surface area is 107 Å². The van der Waals surface area contributed by atoms with Gasteiger partial charge in [0.15, 0.2) is 0 Å². The Kier molecular flexibility index (Phi) is 4.00. The predicted molar refractivity (Wildman–Crippen MR) is 67.4 cm³/mol. The number of halogens is 1. The van der Waals surface area contributed by atoms with Gasteiger partial charge in [-0.1, -0.05) is 0 Å². The number of rotatable bonds is 3. The highest BCUT2D eigenvalue weighted by molar-refractivity contribution is 9.11. The van der Waals surface area contributed by atoms with E-state index in [1.54, 1.807) is 11.3 Å². The molecule has 2 atom stereocenters. The minimum atomic E-state index is 0.0263. The second kappa shape index (κ2) is 5.29. The molecule has 1 aromatic heterocycles. The van der Waals surface area contributed by atoms with Gasteiger partial charge in [-0.05, 0) is 41.4 Å². The van der Waals surface area contributed by atoms with E-state index < -0.39 is 0 Å². The quantitative estimate of drug-likeness (QED) is 0.932. The first-order chi connectivity index (χ1) is 7.65. The van der Waals surface area contributed by atoms with Gasteiger partial charge in [-0.25, -0.2) is 0 Å². The third kappa shape index (κ3) is 3.06. The van der Waals surface area contributed by atoms with Crippen molar-refractivity contribution in [3.63, 3.8) is 0 Å². The predicted octanol–water partition coefficient (Wildman–Crippen LogP) is 2.55. The molecule has 0 saturated carbocycles. The fraction of sp³-hybridized carbons (Fsp3) is 0.545. The summed E-state index contributed by atoms with van der Waals surface area (Å²) in [7, 11) is 0. The van der Waals surface area contributed by atoms with Crippen LogP contribution in [0.15, 0.2) is 15.9 Å². The molecular formula is C11H14BrNO2S. The molecule has 3 nitrogen and oxygen atoms in total. The van der Waals surface area contributed by atoms with Crippen LogP contribution >= 0.6 is 27.3 Å². The van der Waals surface area contributed by atoms with Crippen LogP contribution in [0.25, 0.3) is 0 Å². The smallest absolute Gasteiger partial charge is 0.225 e. The molecule has 0 aromatic carbocycles. The largest absolute Gasteiger partial charge is 0.378 e. The third-order valence-corrected chi connectivity index (χ3v) is 4.26. The maximum absolute atomic E-state index is 11.8. The highest BCUT2D eigenvalue weighted by atomic mass is 79.9. The van der Waals surface area contributed by atoms with Crippen molar-refractivity contribution in [1.82, 2.24) is 5.32 Å². The van der Waals surface area contributed by atoms with Crippen molar-refractivity contribution in [2.45, 2.75) is 26.0 Å². The summed E-state index contributed by atoms with van der Waals surface area (Å²) in [5.41, 5.74) is 0. The van der Waals surface area contributed by atoms with Gasteiger partial charge < -0.3 is 10.1 Å². The van der Waals surface area contributed by atoms with Crippen LogP contribution in [0.4, 0.5) is 0 Å². The Bertz CT molecular complexity index is 380. The lowest BCUT2D eigenvalue weighted by atomic mass is 10.1. The molecule has 2 heterocycles. The van der Waals surface area contributed by atoms with Gasteiger partial charge in [-0.15, -0.1) is 11.3 Å². The zero-order valence-electron chi connectivity index (χ0n) is 9.03. The topological polar surface area (TPSA) is 38.3 Å². The molecule has 0 radical (unpaired) electrons. The Morgan fingerprint density at radius 2 is 2.50 bits per heavy atom. The molecule has 2 rings (SSSR count). The number of thiophene rings is 1. The molecule has 1 aromatic rings. The van der Waals surface area contributed by atoms with E-state index >= 15 is 0 Å². The molecule has 5 heteroatoms. The van der Waals surface area contributed by atoms with E-state index in [2.05, 4.69) is 21.2 Å². The van der Waals surface area contributed by atoms with Gasteiger partial charge >= 0.3 is 0 Å². The Morgan fingerprint density at radius 3 is 3.06 bits per heavy atom. The molecule has 1 N–H and O–H groups in total. The maximum Gasteiger partial charge on any atom is 0.225 e. The van der Waals surface area contributed by atoms with E-state index in [1.165, 1.54) is 0 Å². The van der Waals surface area contributed by atoms with Gasteiger partial charge in [0.1, 0.15) is 0 Å². The first kappa shape index (κ1) is 12.1. The van der Waals surface area contributed by atoms with Crippen LogP contribution in [0.2, 0.25) is 0 Å². The average Bonchev–Trinajstić information content (AvgIpc) is 2.84. The molecule has 0 bridgehead atoms. The third-order valence-electron chi connectivity index (χ3n) is 2.63. The van der Waals surface area contributed by atoms with E-state index in [4.69, 9.17) is 4.74 Å². The van der Waals surface area contributed by atoms with E-state index in [-0.39, 0.29) is 17.9 Å². The van der Waals surface area contributed by atoms with Gasteiger partial charge in [0.25, 0.3) is 0 Å². The van der Waals surface area contributed by atoms with Crippen molar-refractivity contribution >= 4 is 33.2 Å². The highest BCUT2D eigenvalue weighted by Gasteiger charge is 2.27. The second-order valence-corrected chi connectivity index (χ2v) is 6.55. The van der Waals surface area contributed by atoms with Crippen LogP contribution in [0, 0.1) is 5.92 Å². The molecule has 88 valence electrons.